The number of nitrogens with zero attached hydrogens (tertiary/aromatic N) is 2. The van der Waals surface area contributed by atoms with Gasteiger partial charge in [0.05, 0.1) is 0 Å². The molecule has 0 saturated carbocycles. The summed E-state index contributed by atoms with van der Waals surface area (Å²) in [5, 5.41) is 0. The van der Waals surface area contributed by atoms with Crippen LogP contribution in [0.25, 0.3) is 0 Å². The summed E-state index contributed by atoms with van der Waals surface area (Å²) >= 11 is 0. The van der Waals surface area contributed by atoms with Gasteiger partial charge in [-0.15, -0.1) is 0 Å². The molecule has 4 nitrogen and oxygen atoms in total. The maximum absolute atomic E-state index is 12.6. The molecule has 2 N–H and O–H groups in total. The number of hydrogen-bond acceptors (Lipinski definition) is 3. The van der Waals surface area contributed by atoms with Crippen molar-refractivity contribution in [3.8, 4) is 0 Å². The molecule has 1 aromatic carbocycles. The van der Waals surface area contributed by atoms with Crippen molar-refractivity contribution in [2.24, 2.45) is 5.73 Å². The van der Waals surface area contributed by atoms with E-state index in [0.29, 0.717) is 0 Å². The van der Waals surface area contributed by atoms with Crippen molar-refractivity contribution in [2.45, 2.75) is 32.6 Å². The number of amides is 1. The SMILES string of the molecule is CC(C)(C)c1ccc(C(=O)N2CCN(CCCN)CC2)cc1. The van der Waals surface area contributed by atoms with E-state index >= 15 is 0 Å². The molecule has 0 bridgehead atoms. The van der Waals surface area contributed by atoms with Crippen LogP contribution in [0, 0.1) is 0 Å². The molecule has 0 unspecified atom stereocenters. The van der Waals surface area contributed by atoms with Gasteiger partial charge in [0.15, 0.2) is 0 Å². The number of piperazine rings is 1. The molecule has 1 fully saturated rings. The Balaban J connectivity index is 1.92. The molecule has 0 radical (unpaired) electrons. The maximum atomic E-state index is 12.6. The van der Waals surface area contributed by atoms with Gasteiger partial charge in [-0.3, -0.25) is 9.69 Å². The maximum Gasteiger partial charge on any atom is 0.253 e. The van der Waals surface area contributed by atoms with Gasteiger partial charge in [-0.25, -0.2) is 0 Å². The number of benzene rings is 1. The van der Waals surface area contributed by atoms with Gasteiger partial charge < -0.3 is 10.6 Å². The summed E-state index contributed by atoms with van der Waals surface area (Å²) in [7, 11) is 0. The highest BCUT2D eigenvalue weighted by atomic mass is 16.2. The van der Waals surface area contributed by atoms with Crippen molar-refractivity contribution in [3.05, 3.63) is 35.4 Å². The van der Waals surface area contributed by atoms with Crippen LogP contribution >= 0.6 is 0 Å². The molecule has 1 amide bonds. The number of carbonyl (C=O) groups is 1. The van der Waals surface area contributed by atoms with E-state index in [-0.39, 0.29) is 11.3 Å². The first-order valence-corrected chi connectivity index (χ1v) is 8.24. The van der Waals surface area contributed by atoms with Gasteiger partial charge in [-0.05, 0) is 42.6 Å². The fraction of sp³-hybridized carbons (Fsp3) is 0.611. The van der Waals surface area contributed by atoms with E-state index in [1.807, 2.05) is 17.0 Å². The monoisotopic (exact) mass is 303 g/mol. The highest BCUT2D eigenvalue weighted by Gasteiger charge is 2.22. The Kier molecular flexibility index (Phi) is 5.59. The molecule has 1 aromatic rings. The van der Waals surface area contributed by atoms with E-state index in [1.54, 1.807) is 0 Å². The van der Waals surface area contributed by atoms with Gasteiger partial charge in [0.25, 0.3) is 5.91 Å². The second kappa shape index (κ2) is 7.25. The number of carbonyl (C=O) groups excluding carboxylic acids is 1. The van der Waals surface area contributed by atoms with Crippen LogP contribution in [0.1, 0.15) is 43.1 Å². The first-order valence-electron chi connectivity index (χ1n) is 8.24. The van der Waals surface area contributed by atoms with E-state index in [4.69, 9.17) is 5.73 Å². The van der Waals surface area contributed by atoms with E-state index in [2.05, 4.69) is 37.8 Å². The van der Waals surface area contributed by atoms with E-state index in [0.717, 1.165) is 51.3 Å². The minimum atomic E-state index is 0.121. The Labute approximate surface area is 134 Å². The summed E-state index contributed by atoms with van der Waals surface area (Å²) in [4.78, 5) is 16.9. The van der Waals surface area contributed by atoms with Gasteiger partial charge in [-0.1, -0.05) is 32.9 Å². The van der Waals surface area contributed by atoms with Crippen LogP contribution < -0.4 is 5.73 Å². The predicted molar refractivity (Wildman–Crippen MR) is 91.2 cm³/mol. The first-order chi connectivity index (χ1) is 10.4. The Hall–Kier alpha value is -1.39. The van der Waals surface area contributed by atoms with Crippen LogP contribution in [0.15, 0.2) is 24.3 Å². The summed E-state index contributed by atoms with van der Waals surface area (Å²) in [6.45, 7) is 11.9. The number of nitrogens with two attached hydrogens (primary N) is 1. The summed E-state index contributed by atoms with van der Waals surface area (Å²) in [5.41, 5.74) is 7.72. The van der Waals surface area contributed by atoms with Crippen LogP contribution in [0.5, 0.6) is 0 Å². The van der Waals surface area contributed by atoms with Crippen molar-refractivity contribution in [2.75, 3.05) is 39.3 Å². The smallest absolute Gasteiger partial charge is 0.253 e. The van der Waals surface area contributed by atoms with Crippen molar-refractivity contribution < 1.29 is 4.79 Å². The fourth-order valence-corrected chi connectivity index (χ4v) is 2.78. The lowest BCUT2D eigenvalue weighted by Gasteiger charge is -2.34. The average Bonchev–Trinajstić information content (AvgIpc) is 2.52. The lowest BCUT2D eigenvalue weighted by molar-refractivity contribution is 0.0636. The predicted octanol–water partition coefficient (Wildman–Crippen LogP) is 2.09. The fourth-order valence-electron chi connectivity index (χ4n) is 2.78. The molecule has 0 aromatic heterocycles. The zero-order valence-electron chi connectivity index (χ0n) is 14.1. The van der Waals surface area contributed by atoms with E-state index in [1.165, 1.54) is 5.56 Å². The Bertz CT molecular complexity index is 482. The third-order valence-corrected chi connectivity index (χ3v) is 4.34. The summed E-state index contributed by atoms with van der Waals surface area (Å²) in [6, 6.07) is 8.07. The molecule has 1 aliphatic heterocycles. The van der Waals surface area contributed by atoms with Crippen molar-refractivity contribution >= 4 is 5.91 Å². The summed E-state index contributed by atoms with van der Waals surface area (Å²) in [6.07, 6.45) is 1.03. The molecule has 1 aliphatic rings. The summed E-state index contributed by atoms with van der Waals surface area (Å²) in [5.74, 6) is 0.152. The Morgan fingerprint density at radius 1 is 1.09 bits per heavy atom. The number of hydrogen-bond donors (Lipinski definition) is 1. The third kappa shape index (κ3) is 4.31. The van der Waals surface area contributed by atoms with Crippen molar-refractivity contribution in [1.82, 2.24) is 9.80 Å². The topological polar surface area (TPSA) is 49.6 Å². The quantitative estimate of drug-likeness (QED) is 0.926. The molecule has 0 aliphatic carbocycles. The van der Waals surface area contributed by atoms with Crippen LogP contribution in [0.4, 0.5) is 0 Å². The lowest BCUT2D eigenvalue weighted by Crippen LogP contribution is -2.49. The highest BCUT2D eigenvalue weighted by Crippen LogP contribution is 2.22. The third-order valence-electron chi connectivity index (χ3n) is 4.34. The molecule has 22 heavy (non-hydrogen) atoms. The normalized spacial score (nSPS) is 16.8. The molecule has 0 atom stereocenters. The zero-order chi connectivity index (χ0) is 16.2. The van der Waals surface area contributed by atoms with Crippen LogP contribution in [0.3, 0.4) is 0 Å². The Morgan fingerprint density at radius 2 is 1.68 bits per heavy atom. The first kappa shape index (κ1) is 17.0. The molecule has 122 valence electrons. The largest absolute Gasteiger partial charge is 0.336 e. The molecule has 2 rings (SSSR count). The average molecular weight is 303 g/mol. The molecule has 0 spiro atoms. The van der Waals surface area contributed by atoms with Gasteiger partial charge in [0.1, 0.15) is 0 Å². The minimum Gasteiger partial charge on any atom is -0.336 e. The van der Waals surface area contributed by atoms with Gasteiger partial charge in [-0.2, -0.15) is 0 Å². The highest BCUT2D eigenvalue weighted by molar-refractivity contribution is 5.94. The van der Waals surface area contributed by atoms with Gasteiger partial charge >= 0.3 is 0 Å². The van der Waals surface area contributed by atoms with Gasteiger partial charge in [0.2, 0.25) is 0 Å². The second-order valence-electron chi connectivity index (χ2n) is 7.10. The van der Waals surface area contributed by atoms with Crippen molar-refractivity contribution in [3.63, 3.8) is 0 Å². The second-order valence-corrected chi connectivity index (χ2v) is 7.10. The zero-order valence-corrected chi connectivity index (χ0v) is 14.1. The summed E-state index contributed by atoms with van der Waals surface area (Å²) < 4.78 is 0. The van der Waals surface area contributed by atoms with Gasteiger partial charge in [0, 0.05) is 31.7 Å². The molecule has 1 saturated heterocycles. The Morgan fingerprint density at radius 3 is 2.18 bits per heavy atom. The molecule has 1 heterocycles. The van der Waals surface area contributed by atoms with E-state index in [9.17, 15) is 4.79 Å². The van der Waals surface area contributed by atoms with Crippen molar-refractivity contribution in [1.29, 1.82) is 0 Å². The molecular formula is C18H29N3O. The van der Waals surface area contributed by atoms with E-state index < -0.39 is 0 Å². The standard InChI is InChI=1S/C18H29N3O/c1-18(2,3)16-7-5-15(6-8-16)17(22)21-13-11-20(12-14-21)10-4-9-19/h5-8H,4,9-14,19H2,1-3H3. The molecule has 4 heteroatoms. The van der Waals surface area contributed by atoms with Crippen LogP contribution in [0.2, 0.25) is 0 Å². The minimum absolute atomic E-state index is 0.121. The lowest BCUT2D eigenvalue weighted by atomic mass is 9.86. The van der Waals surface area contributed by atoms with Crippen LogP contribution in [-0.2, 0) is 5.41 Å². The number of rotatable bonds is 4. The molecular weight excluding hydrogens is 274 g/mol. The van der Waals surface area contributed by atoms with Crippen LogP contribution in [-0.4, -0.2) is 55.0 Å².